The fraction of sp³-hybridized carbons (Fsp3) is 0.364. The van der Waals surface area contributed by atoms with Crippen LogP contribution >= 0.6 is 11.3 Å². The molecule has 3 aromatic rings. The molecule has 8 heteroatoms. The summed E-state index contributed by atoms with van der Waals surface area (Å²) in [5.41, 5.74) is 1.75. The molecule has 0 saturated carbocycles. The number of hydrogen-bond donors (Lipinski definition) is 1. The highest BCUT2D eigenvalue weighted by Gasteiger charge is 2.23. The Kier molecular flexibility index (Phi) is 6.23. The van der Waals surface area contributed by atoms with Crippen LogP contribution in [0.3, 0.4) is 0 Å². The van der Waals surface area contributed by atoms with Crippen molar-refractivity contribution < 1.29 is 14.3 Å². The Balaban J connectivity index is 1.34. The Morgan fingerprint density at radius 1 is 1.00 bits per heavy atom. The van der Waals surface area contributed by atoms with Gasteiger partial charge in [-0.2, -0.15) is 0 Å². The molecule has 7 nitrogen and oxygen atoms in total. The Hall–Kier alpha value is -3.00. The highest BCUT2D eigenvalue weighted by atomic mass is 32.1. The molecule has 1 aliphatic heterocycles. The predicted molar refractivity (Wildman–Crippen MR) is 121 cm³/mol. The first-order valence-electron chi connectivity index (χ1n) is 10.2. The second-order valence-electron chi connectivity index (χ2n) is 6.92. The summed E-state index contributed by atoms with van der Waals surface area (Å²) in [6.45, 7) is 8.03. The number of piperazine rings is 1. The van der Waals surface area contributed by atoms with Crippen LogP contribution < -0.4 is 19.7 Å². The topological polar surface area (TPSA) is 66.9 Å². The molecule has 2 amide bonds. The third-order valence-corrected chi connectivity index (χ3v) is 5.99. The number of carbonyl (C=O) groups excluding carboxylic acids is 1. The van der Waals surface area contributed by atoms with Gasteiger partial charge in [0.15, 0.2) is 5.13 Å². The zero-order valence-corrected chi connectivity index (χ0v) is 18.1. The van der Waals surface area contributed by atoms with Crippen LogP contribution in [0.5, 0.6) is 11.5 Å². The van der Waals surface area contributed by atoms with Crippen LogP contribution in [-0.2, 0) is 0 Å². The number of nitrogens with zero attached hydrogens (tertiary/aromatic N) is 3. The van der Waals surface area contributed by atoms with Crippen LogP contribution in [0.1, 0.15) is 13.8 Å². The molecule has 0 atom stereocenters. The molecule has 2 aromatic carbocycles. The van der Waals surface area contributed by atoms with Gasteiger partial charge in [-0.15, -0.1) is 0 Å². The number of urea groups is 1. The number of hydrogen-bond acceptors (Lipinski definition) is 6. The number of nitrogens with one attached hydrogen (secondary N) is 1. The van der Waals surface area contributed by atoms with Gasteiger partial charge >= 0.3 is 6.03 Å². The predicted octanol–water partition coefficient (Wildman–Crippen LogP) is 4.45. The van der Waals surface area contributed by atoms with Gasteiger partial charge in [0.2, 0.25) is 0 Å². The van der Waals surface area contributed by atoms with Gasteiger partial charge in [-0.05, 0) is 56.3 Å². The SMILES string of the molecule is CCOc1ccc(NC(=O)N2CCN(c3nc4ccc(OCC)cc4s3)CC2)cc1. The monoisotopic (exact) mass is 426 g/mol. The minimum atomic E-state index is -0.0792. The average molecular weight is 427 g/mol. The van der Waals surface area contributed by atoms with Crippen molar-refractivity contribution in [2.75, 3.05) is 49.6 Å². The summed E-state index contributed by atoms with van der Waals surface area (Å²) in [5.74, 6) is 1.67. The first kappa shape index (κ1) is 20.3. The average Bonchev–Trinajstić information content (AvgIpc) is 3.19. The van der Waals surface area contributed by atoms with Crippen molar-refractivity contribution in [1.29, 1.82) is 0 Å². The van der Waals surface area contributed by atoms with Gasteiger partial charge in [-0.3, -0.25) is 0 Å². The molecular weight excluding hydrogens is 400 g/mol. The lowest BCUT2D eigenvalue weighted by molar-refractivity contribution is 0.208. The molecule has 0 spiro atoms. The standard InChI is InChI=1S/C22H26N4O3S/c1-3-28-17-7-5-16(6-8-17)23-21(27)25-11-13-26(14-12-25)22-24-19-10-9-18(29-4-2)15-20(19)30-22/h5-10,15H,3-4,11-14H2,1-2H3,(H,23,27). The summed E-state index contributed by atoms with van der Waals surface area (Å²) in [5, 5.41) is 3.95. The van der Waals surface area contributed by atoms with Crippen LogP contribution in [-0.4, -0.2) is 55.3 Å². The van der Waals surface area contributed by atoms with Crippen molar-refractivity contribution in [2.45, 2.75) is 13.8 Å². The molecule has 1 aliphatic rings. The van der Waals surface area contributed by atoms with E-state index in [1.807, 2.05) is 61.2 Å². The van der Waals surface area contributed by atoms with Gasteiger partial charge in [-0.25, -0.2) is 9.78 Å². The van der Waals surface area contributed by atoms with E-state index in [-0.39, 0.29) is 6.03 Å². The van der Waals surface area contributed by atoms with Gasteiger partial charge < -0.3 is 24.6 Å². The van der Waals surface area contributed by atoms with E-state index in [1.54, 1.807) is 11.3 Å². The summed E-state index contributed by atoms with van der Waals surface area (Å²) in [4.78, 5) is 21.4. The normalized spacial score (nSPS) is 14.1. The molecule has 1 N–H and O–H groups in total. The molecule has 2 heterocycles. The minimum absolute atomic E-state index is 0.0792. The molecule has 0 bridgehead atoms. The smallest absolute Gasteiger partial charge is 0.321 e. The van der Waals surface area contributed by atoms with E-state index in [1.165, 1.54) is 0 Å². The summed E-state index contributed by atoms with van der Waals surface area (Å²) in [7, 11) is 0. The summed E-state index contributed by atoms with van der Waals surface area (Å²) in [6.07, 6.45) is 0. The van der Waals surface area contributed by atoms with Crippen molar-refractivity contribution in [3.63, 3.8) is 0 Å². The number of ether oxygens (including phenoxy) is 2. The third-order valence-electron chi connectivity index (χ3n) is 4.91. The number of fused-ring (bicyclic) bond motifs is 1. The Morgan fingerprint density at radius 3 is 2.37 bits per heavy atom. The Bertz CT molecular complexity index is 997. The highest BCUT2D eigenvalue weighted by Crippen LogP contribution is 2.32. The number of rotatable bonds is 6. The second kappa shape index (κ2) is 9.21. The van der Waals surface area contributed by atoms with E-state index < -0.39 is 0 Å². The highest BCUT2D eigenvalue weighted by molar-refractivity contribution is 7.22. The molecule has 158 valence electrons. The van der Waals surface area contributed by atoms with Crippen molar-refractivity contribution >= 4 is 38.4 Å². The van der Waals surface area contributed by atoms with Gasteiger partial charge in [-0.1, -0.05) is 11.3 Å². The van der Waals surface area contributed by atoms with E-state index in [4.69, 9.17) is 14.5 Å². The maximum atomic E-state index is 12.6. The Morgan fingerprint density at radius 2 is 1.67 bits per heavy atom. The summed E-state index contributed by atoms with van der Waals surface area (Å²) in [6, 6.07) is 13.4. The van der Waals surface area contributed by atoms with Gasteiger partial charge in [0.1, 0.15) is 11.5 Å². The molecule has 1 saturated heterocycles. The summed E-state index contributed by atoms with van der Waals surface area (Å²) >= 11 is 1.67. The van der Waals surface area contributed by atoms with Gasteiger partial charge in [0, 0.05) is 31.9 Å². The fourth-order valence-corrected chi connectivity index (χ4v) is 4.43. The van der Waals surface area contributed by atoms with E-state index in [0.717, 1.165) is 45.6 Å². The Labute approximate surface area is 180 Å². The quantitative estimate of drug-likeness (QED) is 0.631. The zero-order chi connectivity index (χ0) is 20.9. The van der Waals surface area contributed by atoms with Gasteiger partial charge in [0.25, 0.3) is 0 Å². The molecule has 4 rings (SSSR count). The lowest BCUT2D eigenvalue weighted by Gasteiger charge is -2.34. The van der Waals surface area contributed by atoms with Crippen molar-refractivity contribution in [2.24, 2.45) is 0 Å². The van der Waals surface area contributed by atoms with Crippen LogP contribution in [0.4, 0.5) is 15.6 Å². The molecule has 0 radical (unpaired) electrons. The van der Waals surface area contributed by atoms with Gasteiger partial charge in [0.05, 0.1) is 23.4 Å². The fourth-order valence-electron chi connectivity index (χ4n) is 3.39. The maximum absolute atomic E-state index is 12.6. The number of amides is 2. The number of anilines is 2. The van der Waals surface area contributed by atoms with E-state index in [9.17, 15) is 4.79 Å². The first-order chi connectivity index (χ1) is 14.7. The lowest BCUT2D eigenvalue weighted by Crippen LogP contribution is -2.50. The van der Waals surface area contributed by atoms with E-state index >= 15 is 0 Å². The molecular formula is C22H26N4O3S. The molecule has 30 heavy (non-hydrogen) atoms. The van der Waals surface area contributed by atoms with Crippen molar-refractivity contribution in [3.8, 4) is 11.5 Å². The number of benzene rings is 2. The zero-order valence-electron chi connectivity index (χ0n) is 17.3. The number of aromatic nitrogens is 1. The minimum Gasteiger partial charge on any atom is -0.494 e. The lowest BCUT2D eigenvalue weighted by atomic mass is 10.3. The second-order valence-corrected chi connectivity index (χ2v) is 7.93. The maximum Gasteiger partial charge on any atom is 0.321 e. The number of thiazole rings is 1. The van der Waals surface area contributed by atoms with Crippen LogP contribution in [0, 0.1) is 0 Å². The third kappa shape index (κ3) is 4.59. The molecule has 0 unspecified atom stereocenters. The first-order valence-corrected chi connectivity index (χ1v) is 11.0. The van der Waals surface area contributed by atoms with E-state index in [0.29, 0.717) is 26.3 Å². The molecule has 0 aliphatic carbocycles. The van der Waals surface area contributed by atoms with Crippen molar-refractivity contribution in [3.05, 3.63) is 42.5 Å². The van der Waals surface area contributed by atoms with Crippen LogP contribution in [0.25, 0.3) is 10.2 Å². The number of carbonyl (C=O) groups is 1. The van der Waals surface area contributed by atoms with Crippen LogP contribution in [0.2, 0.25) is 0 Å². The molecule has 1 aromatic heterocycles. The molecule has 1 fully saturated rings. The van der Waals surface area contributed by atoms with Crippen molar-refractivity contribution in [1.82, 2.24) is 9.88 Å². The van der Waals surface area contributed by atoms with Crippen LogP contribution in [0.15, 0.2) is 42.5 Å². The van der Waals surface area contributed by atoms with E-state index in [2.05, 4.69) is 10.2 Å². The largest absolute Gasteiger partial charge is 0.494 e. The summed E-state index contributed by atoms with van der Waals surface area (Å²) < 4.78 is 12.1.